The molecule has 5 heteroatoms. The van der Waals surface area contributed by atoms with Crippen molar-refractivity contribution in [1.82, 2.24) is 25.0 Å². The highest BCUT2D eigenvalue weighted by Gasteiger charge is 2.22. The van der Waals surface area contributed by atoms with E-state index in [1.807, 2.05) is 21.0 Å². The van der Waals surface area contributed by atoms with E-state index in [2.05, 4.69) is 25.0 Å². The maximum Gasteiger partial charge on any atom is 0.146 e. The van der Waals surface area contributed by atoms with Crippen LogP contribution in [0.5, 0.6) is 0 Å². The van der Waals surface area contributed by atoms with E-state index < -0.39 is 0 Å². The molecule has 2 heterocycles. The van der Waals surface area contributed by atoms with E-state index in [0.717, 1.165) is 31.3 Å². The molecule has 1 aliphatic heterocycles. The first kappa shape index (κ1) is 10.6. The van der Waals surface area contributed by atoms with Gasteiger partial charge in [0.1, 0.15) is 11.6 Å². The van der Waals surface area contributed by atoms with Crippen molar-refractivity contribution < 1.29 is 0 Å². The van der Waals surface area contributed by atoms with Crippen LogP contribution in [0.25, 0.3) is 0 Å². The minimum Gasteiger partial charge on any atom is -0.317 e. The Morgan fingerprint density at radius 1 is 1.47 bits per heavy atom. The lowest BCUT2D eigenvalue weighted by Crippen LogP contribution is -2.29. The first-order valence-corrected chi connectivity index (χ1v) is 5.45. The molecule has 0 aliphatic carbocycles. The molecule has 0 amide bonds. The van der Waals surface area contributed by atoms with Gasteiger partial charge in [0.2, 0.25) is 0 Å². The molecule has 1 saturated heterocycles. The SMILES string of the molecule is CNC1CCN(Cc2nnc(C)n2C)C1. The van der Waals surface area contributed by atoms with Crippen LogP contribution in [-0.2, 0) is 13.6 Å². The van der Waals surface area contributed by atoms with Crippen LogP contribution >= 0.6 is 0 Å². The monoisotopic (exact) mass is 209 g/mol. The molecule has 84 valence electrons. The maximum absolute atomic E-state index is 4.18. The van der Waals surface area contributed by atoms with Gasteiger partial charge in [0, 0.05) is 26.2 Å². The second kappa shape index (κ2) is 4.28. The third-order valence-corrected chi connectivity index (χ3v) is 3.23. The van der Waals surface area contributed by atoms with E-state index in [9.17, 15) is 0 Å². The van der Waals surface area contributed by atoms with Gasteiger partial charge >= 0.3 is 0 Å². The van der Waals surface area contributed by atoms with Gasteiger partial charge in [-0.3, -0.25) is 4.90 Å². The minimum absolute atomic E-state index is 0.638. The van der Waals surface area contributed by atoms with E-state index in [-0.39, 0.29) is 0 Å². The number of rotatable bonds is 3. The fourth-order valence-corrected chi connectivity index (χ4v) is 2.00. The summed E-state index contributed by atoms with van der Waals surface area (Å²) in [5.41, 5.74) is 0. The van der Waals surface area contributed by atoms with Crippen LogP contribution in [-0.4, -0.2) is 45.8 Å². The second-order valence-electron chi connectivity index (χ2n) is 4.23. The van der Waals surface area contributed by atoms with E-state index in [4.69, 9.17) is 0 Å². The molecule has 2 rings (SSSR count). The van der Waals surface area contributed by atoms with Gasteiger partial charge in [0.15, 0.2) is 0 Å². The Morgan fingerprint density at radius 2 is 2.27 bits per heavy atom. The van der Waals surface area contributed by atoms with Gasteiger partial charge in [0.05, 0.1) is 6.54 Å². The number of hydrogen-bond acceptors (Lipinski definition) is 4. The van der Waals surface area contributed by atoms with Crippen LogP contribution in [0.1, 0.15) is 18.1 Å². The smallest absolute Gasteiger partial charge is 0.146 e. The topological polar surface area (TPSA) is 46.0 Å². The summed E-state index contributed by atoms with van der Waals surface area (Å²) in [6.07, 6.45) is 1.23. The molecule has 1 fully saturated rings. The Kier molecular flexibility index (Phi) is 3.02. The zero-order chi connectivity index (χ0) is 10.8. The lowest BCUT2D eigenvalue weighted by molar-refractivity contribution is 0.310. The molecule has 1 atom stereocenters. The summed E-state index contributed by atoms with van der Waals surface area (Å²) in [4.78, 5) is 2.42. The van der Waals surface area contributed by atoms with Crippen LogP contribution in [0.4, 0.5) is 0 Å². The first-order valence-electron chi connectivity index (χ1n) is 5.45. The fraction of sp³-hybridized carbons (Fsp3) is 0.800. The number of hydrogen-bond donors (Lipinski definition) is 1. The zero-order valence-electron chi connectivity index (χ0n) is 9.69. The van der Waals surface area contributed by atoms with Gasteiger partial charge in [0.25, 0.3) is 0 Å². The minimum atomic E-state index is 0.638. The molecule has 0 saturated carbocycles. The first-order chi connectivity index (χ1) is 7.20. The molecule has 1 aromatic rings. The third kappa shape index (κ3) is 2.18. The number of likely N-dealkylation sites (tertiary alicyclic amines) is 1. The summed E-state index contributed by atoms with van der Waals surface area (Å²) in [6.45, 7) is 5.16. The number of aryl methyl sites for hydroxylation is 1. The Labute approximate surface area is 90.5 Å². The molecule has 1 N–H and O–H groups in total. The summed E-state index contributed by atoms with van der Waals surface area (Å²) in [6, 6.07) is 0.638. The van der Waals surface area contributed by atoms with Crippen molar-refractivity contribution in [3.8, 4) is 0 Å². The molecule has 0 bridgehead atoms. The largest absolute Gasteiger partial charge is 0.317 e. The molecule has 0 radical (unpaired) electrons. The third-order valence-electron chi connectivity index (χ3n) is 3.23. The van der Waals surface area contributed by atoms with Gasteiger partial charge in [-0.1, -0.05) is 0 Å². The van der Waals surface area contributed by atoms with E-state index in [1.54, 1.807) is 0 Å². The summed E-state index contributed by atoms with van der Waals surface area (Å²) in [5.74, 6) is 2.04. The van der Waals surface area contributed by atoms with Crippen molar-refractivity contribution in [3.63, 3.8) is 0 Å². The number of aromatic nitrogens is 3. The number of nitrogens with zero attached hydrogens (tertiary/aromatic N) is 4. The lowest BCUT2D eigenvalue weighted by Gasteiger charge is -2.14. The van der Waals surface area contributed by atoms with Crippen LogP contribution in [0, 0.1) is 6.92 Å². The van der Waals surface area contributed by atoms with Crippen molar-refractivity contribution in [3.05, 3.63) is 11.6 Å². The molecule has 0 spiro atoms. The van der Waals surface area contributed by atoms with E-state index >= 15 is 0 Å². The quantitative estimate of drug-likeness (QED) is 0.756. The predicted molar refractivity (Wildman–Crippen MR) is 58.5 cm³/mol. The Morgan fingerprint density at radius 3 is 2.80 bits per heavy atom. The Bertz CT molecular complexity index is 333. The van der Waals surface area contributed by atoms with Gasteiger partial charge in [-0.2, -0.15) is 0 Å². The van der Waals surface area contributed by atoms with Crippen LogP contribution < -0.4 is 5.32 Å². The zero-order valence-corrected chi connectivity index (χ0v) is 9.69. The van der Waals surface area contributed by atoms with E-state index in [1.165, 1.54) is 6.42 Å². The van der Waals surface area contributed by atoms with Crippen molar-refractivity contribution >= 4 is 0 Å². The molecular formula is C10H19N5. The highest BCUT2D eigenvalue weighted by atomic mass is 15.3. The Balaban J connectivity index is 1.95. The van der Waals surface area contributed by atoms with Gasteiger partial charge in [-0.15, -0.1) is 10.2 Å². The molecule has 15 heavy (non-hydrogen) atoms. The maximum atomic E-state index is 4.18. The van der Waals surface area contributed by atoms with Crippen molar-refractivity contribution in [2.24, 2.45) is 7.05 Å². The summed E-state index contributed by atoms with van der Waals surface area (Å²) < 4.78 is 2.06. The fourth-order valence-electron chi connectivity index (χ4n) is 2.00. The predicted octanol–water partition coefficient (Wildman–Crippen LogP) is -0.0828. The van der Waals surface area contributed by atoms with Crippen LogP contribution in [0.2, 0.25) is 0 Å². The van der Waals surface area contributed by atoms with Gasteiger partial charge in [-0.25, -0.2) is 0 Å². The molecule has 5 nitrogen and oxygen atoms in total. The normalized spacial score (nSPS) is 22.5. The summed E-state index contributed by atoms with van der Waals surface area (Å²) >= 11 is 0. The van der Waals surface area contributed by atoms with Crippen molar-refractivity contribution in [2.75, 3.05) is 20.1 Å². The number of nitrogens with one attached hydrogen (secondary N) is 1. The van der Waals surface area contributed by atoms with Gasteiger partial charge < -0.3 is 9.88 Å². The standard InChI is InChI=1S/C10H19N5/c1-8-12-13-10(14(8)3)7-15-5-4-9(6-15)11-2/h9,11H,4-7H2,1-3H3. The molecule has 1 unspecified atom stereocenters. The molecule has 0 aromatic carbocycles. The average Bonchev–Trinajstić information content (AvgIpc) is 2.80. The van der Waals surface area contributed by atoms with Crippen molar-refractivity contribution in [2.45, 2.75) is 25.9 Å². The van der Waals surface area contributed by atoms with Crippen LogP contribution in [0.15, 0.2) is 0 Å². The lowest BCUT2D eigenvalue weighted by atomic mass is 10.3. The summed E-state index contributed by atoms with van der Waals surface area (Å²) in [5, 5.41) is 11.6. The van der Waals surface area contributed by atoms with Gasteiger partial charge in [-0.05, 0) is 20.4 Å². The highest BCUT2D eigenvalue weighted by Crippen LogP contribution is 2.12. The molecule has 1 aromatic heterocycles. The second-order valence-corrected chi connectivity index (χ2v) is 4.23. The highest BCUT2D eigenvalue weighted by molar-refractivity contribution is 4.94. The van der Waals surface area contributed by atoms with Crippen molar-refractivity contribution in [1.29, 1.82) is 0 Å². The molecular weight excluding hydrogens is 190 g/mol. The average molecular weight is 209 g/mol. The summed E-state index contributed by atoms with van der Waals surface area (Å²) in [7, 11) is 4.05. The number of likely N-dealkylation sites (N-methyl/N-ethyl adjacent to an activating group) is 1. The van der Waals surface area contributed by atoms with E-state index in [0.29, 0.717) is 6.04 Å². The Hall–Kier alpha value is -0.940. The van der Waals surface area contributed by atoms with Crippen LogP contribution in [0.3, 0.4) is 0 Å². The molecule has 1 aliphatic rings.